The number of rotatable bonds is 5. The summed E-state index contributed by atoms with van der Waals surface area (Å²) in [5, 5.41) is 3.16. The standard InChI is InChI=1S/C21H20ClNO5/c22-16-11-14(12-17-19(16)27-10-4-9-26-17)21(25)28-18(13-5-2-1-3-6-13)20(24)23-15-7-8-15/h1-3,5-6,11-12,15,18H,4,7-10H2,(H,23,24)/t18-/m1/s1. The molecule has 0 bridgehead atoms. The van der Waals surface area contributed by atoms with Crippen molar-refractivity contribution in [3.8, 4) is 11.5 Å². The largest absolute Gasteiger partial charge is 0.489 e. The molecule has 7 heteroatoms. The third-order valence-electron chi connectivity index (χ3n) is 4.53. The molecule has 28 heavy (non-hydrogen) atoms. The maximum absolute atomic E-state index is 12.8. The van der Waals surface area contributed by atoms with Gasteiger partial charge in [0.25, 0.3) is 5.91 Å². The molecule has 4 rings (SSSR count). The number of nitrogens with one attached hydrogen (secondary N) is 1. The number of halogens is 1. The van der Waals surface area contributed by atoms with E-state index in [4.69, 9.17) is 25.8 Å². The minimum Gasteiger partial charge on any atom is -0.489 e. The number of carbonyl (C=O) groups excluding carboxylic acids is 2. The fourth-order valence-corrected chi connectivity index (χ4v) is 3.19. The van der Waals surface area contributed by atoms with Crippen molar-refractivity contribution in [1.29, 1.82) is 0 Å². The average Bonchev–Trinajstić information content (AvgIpc) is 3.53. The van der Waals surface area contributed by atoms with Crippen LogP contribution >= 0.6 is 11.6 Å². The minimum absolute atomic E-state index is 0.157. The first kappa shape index (κ1) is 18.6. The Morgan fingerprint density at radius 1 is 1.11 bits per heavy atom. The summed E-state index contributed by atoms with van der Waals surface area (Å²) in [6.07, 6.45) is 1.57. The third-order valence-corrected chi connectivity index (χ3v) is 4.81. The molecule has 6 nitrogen and oxygen atoms in total. The summed E-state index contributed by atoms with van der Waals surface area (Å²) in [4.78, 5) is 25.4. The number of esters is 1. The molecule has 1 aliphatic carbocycles. The van der Waals surface area contributed by atoms with Crippen LogP contribution in [0.15, 0.2) is 42.5 Å². The van der Waals surface area contributed by atoms with Gasteiger partial charge in [-0.25, -0.2) is 4.79 Å². The summed E-state index contributed by atoms with van der Waals surface area (Å²) in [6, 6.07) is 12.1. The number of benzene rings is 2. The van der Waals surface area contributed by atoms with Crippen molar-refractivity contribution in [2.45, 2.75) is 31.4 Å². The zero-order valence-electron chi connectivity index (χ0n) is 15.2. The number of hydrogen-bond acceptors (Lipinski definition) is 5. The van der Waals surface area contributed by atoms with Crippen LogP contribution in [-0.4, -0.2) is 31.1 Å². The van der Waals surface area contributed by atoms with Crippen LogP contribution in [0.25, 0.3) is 0 Å². The van der Waals surface area contributed by atoms with Crippen molar-refractivity contribution in [2.75, 3.05) is 13.2 Å². The molecule has 1 amide bonds. The number of ether oxygens (including phenoxy) is 3. The van der Waals surface area contributed by atoms with Gasteiger partial charge in [0.05, 0.1) is 23.8 Å². The predicted molar refractivity (Wildman–Crippen MR) is 103 cm³/mol. The molecule has 0 unspecified atom stereocenters. The highest BCUT2D eigenvalue weighted by Crippen LogP contribution is 2.38. The maximum atomic E-state index is 12.8. The van der Waals surface area contributed by atoms with Crippen molar-refractivity contribution in [3.63, 3.8) is 0 Å². The van der Waals surface area contributed by atoms with Gasteiger partial charge in [-0.3, -0.25) is 4.79 Å². The first-order valence-electron chi connectivity index (χ1n) is 9.27. The van der Waals surface area contributed by atoms with Crippen molar-refractivity contribution < 1.29 is 23.8 Å². The van der Waals surface area contributed by atoms with Crippen LogP contribution in [0.2, 0.25) is 5.02 Å². The van der Waals surface area contributed by atoms with Gasteiger partial charge in [-0.1, -0.05) is 41.9 Å². The van der Waals surface area contributed by atoms with Crippen molar-refractivity contribution >= 4 is 23.5 Å². The highest BCUT2D eigenvalue weighted by atomic mass is 35.5. The fourth-order valence-electron chi connectivity index (χ4n) is 2.93. The molecule has 0 radical (unpaired) electrons. The van der Waals surface area contributed by atoms with E-state index in [0.717, 1.165) is 19.3 Å². The van der Waals surface area contributed by atoms with Gasteiger partial charge >= 0.3 is 5.97 Å². The molecule has 2 aliphatic rings. The zero-order valence-corrected chi connectivity index (χ0v) is 15.9. The van der Waals surface area contributed by atoms with E-state index in [1.54, 1.807) is 24.3 Å². The van der Waals surface area contributed by atoms with Gasteiger partial charge in [0.1, 0.15) is 0 Å². The lowest BCUT2D eigenvalue weighted by atomic mass is 10.1. The van der Waals surface area contributed by atoms with E-state index >= 15 is 0 Å². The second-order valence-electron chi connectivity index (χ2n) is 6.81. The van der Waals surface area contributed by atoms with Crippen molar-refractivity contribution in [1.82, 2.24) is 5.32 Å². The van der Waals surface area contributed by atoms with E-state index < -0.39 is 12.1 Å². The molecule has 2 aromatic carbocycles. The quantitative estimate of drug-likeness (QED) is 0.773. The molecule has 146 valence electrons. The number of fused-ring (bicyclic) bond motifs is 1. The predicted octanol–water partition coefficient (Wildman–Crippen LogP) is 3.68. The number of carbonyl (C=O) groups is 2. The Morgan fingerprint density at radius 2 is 1.86 bits per heavy atom. The summed E-state index contributed by atoms with van der Waals surface area (Å²) >= 11 is 6.27. The molecule has 1 N–H and O–H groups in total. The van der Waals surface area contributed by atoms with E-state index in [0.29, 0.717) is 30.3 Å². The third kappa shape index (κ3) is 4.22. The first-order chi connectivity index (χ1) is 13.6. The van der Waals surface area contributed by atoms with Crippen LogP contribution in [0.1, 0.15) is 41.3 Å². The molecule has 0 aromatic heterocycles. The SMILES string of the molecule is O=C(O[C@@H](C(=O)NC1CC1)c1ccccc1)c1cc(Cl)c2c(c1)OCCCO2. The van der Waals surface area contributed by atoms with E-state index in [1.165, 1.54) is 12.1 Å². The Labute approximate surface area is 167 Å². The molecule has 1 aliphatic heterocycles. The lowest BCUT2D eigenvalue weighted by Crippen LogP contribution is -2.33. The Balaban J connectivity index is 1.58. The smallest absolute Gasteiger partial charge is 0.339 e. The van der Waals surface area contributed by atoms with Gasteiger partial charge in [0.2, 0.25) is 6.10 Å². The molecule has 1 atom stereocenters. The first-order valence-corrected chi connectivity index (χ1v) is 9.65. The zero-order chi connectivity index (χ0) is 19.5. The Morgan fingerprint density at radius 3 is 2.61 bits per heavy atom. The molecule has 1 saturated carbocycles. The molecule has 1 heterocycles. The summed E-state index contributed by atoms with van der Waals surface area (Å²) in [6.45, 7) is 0.964. The highest BCUT2D eigenvalue weighted by Gasteiger charge is 2.31. The normalized spacial score (nSPS) is 16.6. The van der Waals surface area contributed by atoms with E-state index in [2.05, 4.69) is 5.32 Å². The Hall–Kier alpha value is -2.73. The summed E-state index contributed by atoms with van der Waals surface area (Å²) in [5.74, 6) is -0.169. The van der Waals surface area contributed by atoms with Crippen LogP contribution in [-0.2, 0) is 9.53 Å². The van der Waals surface area contributed by atoms with Crippen molar-refractivity contribution in [2.24, 2.45) is 0 Å². The van der Waals surface area contributed by atoms with Crippen LogP contribution in [0.3, 0.4) is 0 Å². The van der Waals surface area contributed by atoms with Crippen LogP contribution in [0.4, 0.5) is 0 Å². The average molecular weight is 402 g/mol. The molecule has 2 aromatic rings. The molecular formula is C21H20ClNO5. The molecular weight excluding hydrogens is 382 g/mol. The summed E-state index contributed by atoms with van der Waals surface area (Å²) < 4.78 is 16.8. The monoisotopic (exact) mass is 401 g/mol. The lowest BCUT2D eigenvalue weighted by Gasteiger charge is -2.18. The van der Waals surface area contributed by atoms with Gasteiger partial charge in [0, 0.05) is 18.0 Å². The van der Waals surface area contributed by atoms with Crippen LogP contribution < -0.4 is 14.8 Å². The second kappa shape index (κ2) is 8.10. The topological polar surface area (TPSA) is 73.9 Å². The van der Waals surface area contributed by atoms with Crippen LogP contribution in [0.5, 0.6) is 11.5 Å². The second-order valence-corrected chi connectivity index (χ2v) is 7.22. The molecule has 0 saturated heterocycles. The lowest BCUT2D eigenvalue weighted by molar-refractivity contribution is -0.130. The molecule has 0 spiro atoms. The Kier molecular flexibility index (Phi) is 5.39. The number of amides is 1. The summed E-state index contributed by atoms with van der Waals surface area (Å²) in [5.41, 5.74) is 0.809. The van der Waals surface area contributed by atoms with Gasteiger partial charge < -0.3 is 19.5 Å². The maximum Gasteiger partial charge on any atom is 0.339 e. The summed E-state index contributed by atoms with van der Waals surface area (Å²) in [7, 11) is 0. The van der Waals surface area contributed by atoms with E-state index in [1.807, 2.05) is 6.07 Å². The molecule has 1 fully saturated rings. The fraction of sp³-hybridized carbons (Fsp3) is 0.333. The van der Waals surface area contributed by atoms with Crippen molar-refractivity contribution in [3.05, 3.63) is 58.6 Å². The van der Waals surface area contributed by atoms with E-state index in [-0.39, 0.29) is 22.5 Å². The minimum atomic E-state index is -1.04. The van der Waals surface area contributed by atoms with Crippen LogP contribution in [0, 0.1) is 0 Å². The van der Waals surface area contributed by atoms with E-state index in [9.17, 15) is 9.59 Å². The van der Waals surface area contributed by atoms with Gasteiger partial charge in [-0.15, -0.1) is 0 Å². The van der Waals surface area contributed by atoms with Gasteiger partial charge in [-0.2, -0.15) is 0 Å². The number of hydrogen-bond donors (Lipinski definition) is 1. The Bertz CT molecular complexity index is 882. The highest BCUT2D eigenvalue weighted by molar-refractivity contribution is 6.32. The van der Waals surface area contributed by atoms with Gasteiger partial charge in [0.15, 0.2) is 11.5 Å². The van der Waals surface area contributed by atoms with Gasteiger partial charge in [-0.05, 0) is 25.0 Å².